The Balaban J connectivity index is 0.896. The first kappa shape index (κ1) is 27.2. The molecule has 2 nitrogen and oxygen atoms in total. The highest BCUT2D eigenvalue weighted by molar-refractivity contribution is 6.62. The molecule has 43 heavy (non-hydrogen) atoms. The van der Waals surface area contributed by atoms with Gasteiger partial charge in [0.15, 0.2) is 0 Å². The maximum Gasteiger partial charge on any atom is 0.494 e. The summed E-state index contributed by atoms with van der Waals surface area (Å²) in [7, 11) is -0.292. The van der Waals surface area contributed by atoms with Crippen molar-refractivity contribution in [2.24, 2.45) is 0 Å². The second-order valence-corrected chi connectivity index (χ2v) is 14.9. The lowest BCUT2D eigenvalue weighted by atomic mass is 9.32. The van der Waals surface area contributed by atoms with Crippen LogP contribution in [0, 0.1) is 6.92 Å². The fraction of sp³-hybridized carbons (Fsp3) is 0.350. The standard InChI is InChI=1S/C40H41BO2/c1-27-6-8-30(9-7-27)32-22-33(23-32)31-12-10-28(11-13-31)29-14-16-34(17-15-29)39-24-40(25-39,26-39)35-18-20-36(21-19-35)41-42-37(2,3)38(4,5)43-41/h6-22,32H,23-26H2,1-5H3. The van der Waals surface area contributed by atoms with Crippen LogP contribution in [-0.4, -0.2) is 18.3 Å². The number of hydrogen-bond acceptors (Lipinski definition) is 2. The third-order valence-electron chi connectivity index (χ3n) is 11.5. The molecule has 5 aliphatic rings. The predicted molar refractivity (Wildman–Crippen MR) is 178 cm³/mol. The Bertz CT molecular complexity index is 1670. The number of aryl methyl sites for hydroxylation is 1. The van der Waals surface area contributed by atoms with Gasteiger partial charge in [-0.3, -0.25) is 0 Å². The topological polar surface area (TPSA) is 18.5 Å². The van der Waals surface area contributed by atoms with Crippen LogP contribution in [0.15, 0.2) is 103 Å². The molecular formula is C40H41BO2. The fourth-order valence-corrected chi connectivity index (χ4v) is 7.95. The van der Waals surface area contributed by atoms with Gasteiger partial charge in [0, 0.05) is 5.92 Å². The number of benzene rings is 4. The number of rotatable bonds is 6. The second-order valence-electron chi connectivity index (χ2n) is 14.9. The average molecular weight is 565 g/mol. The van der Waals surface area contributed by atoms with Crippen LogP contribution in [0.25, 0.3) is 16.7 Å². The summed E-state index contributed by atoms with van der Waals surface area (Å²) in [4.78, 5) is 0. The molecule has 4 fully saturated rings. The molecule has 3 heteroatoms. The van der Waals surface area contributed by atoms with Crippen LogP contribution in [0.2, 0.25) is 0 Å². The Kier molecular flexibility index (Phi) is 5.88. The molecule has 1 unspecified atom stereocenters. The van der Waals surface area contributed by atoms with Crippen molar-refractivity contribution in [2.75, 3.05) is 0 Å². The molecule has 0 spiro atoms. The van der Waals surface area contributed by atoms with E-state index in [0.29, 0.717) is 16.7 Å². The Labute approximate surface area is 257 Å². The molecule has 1 aliphatic heterocycles. The lowest BCUT2D eigenvalue weighted by molar-refractivity contribution is -0.0692. The fourth-order valence-electron chi connectivity index (χ4n) is 7.95. The molecule has 4 aromatic carbocycles. The molecule has 1 atom stereocenters. The van der Waals surface area contributed by atoms with Crippen LogP contribution in [0.4, 0.5) is 0 Å². The van der Waals surface area contributed by atoms with Gasteiger partial charge in [-0.2, -0.15) is 0 Å². The highest BCUT2D eigenvalue weighted by Gasteiger charge is 2.68. The summed E-state index contributed by atoms with van der Waals surface area (Å²) in [5.41, 5.74) is 12.3. The largest absolute Gasteiger partial charge is 0.494 e. The monoisotopic (exact) mass is 564 g/mol. The number of hydrogen-bond donors (Lipinski definition) is 0. The first-order chi connectivity index (χ1) is 20.5. The molecule has 1 heterocycles. The molecule has 3 saturated carbocycles. The molecule has 216 valence electrons. The zero-order valence-electron chi connectivity index (χ0n) is 26.1. The van der Waals surface area contributed by atoms with E-state index < -0.39 is 0 Å². The van der Waals surface area contributed by atoms with Gasteiger partial charge in [-0.15, -0.1) is 0 Å². The normalized spacial score (nSPS) is 28.0. The van der Waals surface area contributed by atoms with Crippen LogP contribution in [0.3, 0.4) is 0 Å². The molecule has 9 rings (SSSR count). The molecule has 4 aliphatic carbocycles. The molecule has 0 N–H and O–H groups in total. The summed E-state index contributed by atoms with van der Waals surface area (Å²) < 4.78 is 12.5. The van der Waals surface area contributed by atoms with E-state index in [0.717, 1.165) is 11.9 Å². The predicted octanol–water partition coefficient (Wildman–Crippen LogP) is 8.91. The summed E-state index contributed by atoms with van der Waals surface area (Å²) in [6, 6.07) is 36.6. The van der Waals surface area contributed by atoms with Crippen molar-refractivity contribution in [1.29, 1.82) is 0 Å². The Morgan fingerprint density at radius 2 is 1.02 bits per heavy atom. The van der Waals surface area contributed by atoms with Crippen LogP contribution in [0.1, 0.15) is 87.1 Å². The quantitative estimate of drug-likeness (QED) is 0.218. The zero-order valence-corrected chi connectivity index (χ0v) is 26.1. The van der Waals surface area contributed by atoms with Gasteiger partial charge in [-0.1, -0.05) is 109 Å². The van der Waals surface area contributed by atoms with Gasteiger partial charge in [-0.05, 0) is 116 Å². The zero-order chi connectivity index (χ0) is 29.6. The maximum atomic E-state index is 6.26. The highest BCUT2D eigenvalue weighted by Crippen LogP contribution is 2.73. The Morgan fingerprint density at radius 1 is 0.581 bits per heavy atom. The van der Waals surface area contributed by atoms with E-state index in [-0.39, 0.29) is 18.3 Å². The summed E-state index contributed by atoms with van der Waals surface area (Å²) in [5, 5.41) is 0. The van der Waals surface area contributed by atoms with E-state index in [9.17, 15) is 0 Å². The third-order valence-corrected chi connectivity index (χ3v) is 11.5. The molecule has 0 amide bonds. The van der Waals surface area contributed by atoms with Crippen molar-refractivity contribution in [3.05, 3.63) is 131 Å². The van der Waals surface area contributed by atoms with Gasteiger partial charge in [-0.25, -0.2) is 0 Å². The van der Waals surface area contributed by atoms with Gasteiger partial charge in [0.1, 0.15) is 0 Å². The van der Waals surface area contributed by atoms with Gasteiger partial charge < -0.3 is 9.31 Å². The van der Waals surface area contributed by atoms with E-state index >= 15 is 0 Å². The molecule has 0 aromatic heterocycles. The van der Waals surface area contributed by atoms with E-state index in [4.69, 9.17) is 9.31 Å². The van der Waals surface area contributed by atoms with E-state index in [1.807, 2.05) is 0 Å². The minimum absolute atomic E-state index is 0.292. The molecule has 1 saturated heterocycles. The van der Waals surface area contributed by atoms with Gasteiger partial charge in [0.2, 0.25) is 0 Å². The number of allylic oxidation sites excluding steroid dienone is 2. The Hall–Kier alpha value is -3.40. The SMILES string of the molecule is Cc1ccc(C2C=C(c3ccc(-c4ccc(C56CC(c7ccc(B8OC(C)(C)C(C)(C)O8)cc7)(C5)C6)cc4)cc3)C2)cc1. The second kappa shape index (κ2) is 9.30. The minimum atomic E-state index is -0.310. The van der Waals surface area contributed by atoms with Crippen LogP contribution < -0.4 is 5.46 Å². The van der Waals surface area contributed by atoms with Crippen molar-refractivity contribution in [3.8, 4) is 11.1 Å². The average Bonchev–Trinajstić information content (AvgIpc) is 3.15. The summed E-state index contributed by atoms with van der Waals surface area (Å²) in [6.45, 7) is 10.6. The first-order valence-electron chi connectivity index (χ1n) is 16.0. The maximum absolute atomic E-state index is 6.26. The van der Waals surface area contributed by atoms with E-state index in [1.165, 1.54) is 63.8 Å². The van der Waals surface area contributed by atoms with Crippen LogP contribution >= 0.6 is 0 Å². The highest BCUT2D eigenvalue weighted by atomic mass is 16.7. The molecule has 4 aromatic rings. The van der Waals surface area contributed by atoms with Gasteiger partial charge in [0.25, 0.3) is 0 Å². The van der Waals surface area contributed by atoms with Gasteiger partial charge in [0.05, 0.1) is 11.2 Å². The minimum Gasteiger partial charge on any atom is -0.399 e. The summed E-state index contributed by atoms with van der Waals surface area (Å²) >= 11 is 0. The van der Waals surface area contributed by atoms with E-state index in [1.54, 1.807) is 0 Å². The molecule has 2 bridgehead atoms. The lowest BCUT2D eigenvalue weighted by Gasteiger charge is -2.71. The van der Waals surface area contributed by atoms with Crippen molar-refractivity contribution in [3.63, 3.8) is 0 Å². The third kappa shape index (κ3) is 4.31. The summed E-state index contributed by atoms with van der Waals surface area (Å²) in [6.07, 6.45) is 7.32. The smallest absolute Gasteiger partial charge is 0.399 e. The Morgan fingerprint density at radius 3 is 1.53 bits per heavy atom. The lowest BCUT2D eigenvalue weighted by Crippen LogP contribution is -2.67. The van der Waals surface area contributed by atoms with Crippen molar-refractivity contribution in [2.45, 2.75) is 88.3 Å². The van der Waals surface area contributed by atoms with Crippen molar-refractivity contribution >= 4 is 18.2 Å². The molecule has 0 radical (unpaired) electrons. The first-order valence-corrected chi connectivity index (χ1v) is 16.0. The van der Waals surface area contributed by atoms with Crippen LogP contribution in [0.5, 0.6) is 0 Å². The molecular weight excluding hydrogens is 523 g/mol. The van der Waals surface area contributed by atoms with Gasteiger partial charge >= 0.3 is 7.12 Å². The van der Waals surface area contributed by atoms with Crippen LogP contribution in [-0.2, 0) is 20.1 Å². The summed E-state index contributed by atoms with van der Waals surface area (Å²) in [5.74, 6) is 0.555. The van der Waals surface area contributed by atoms with Crippen molar-refractivity contribution < 1.29 is 9.31 Å². The van der Waals surface area contributed by atoms with Crippen molar-refractivity contribution in [1.82, 2.24) is 0 Å². The van der Waals surface area contributed by atoms with E-state index in [2.05, 4.69) is 138 Å².